The van der Waals surface area contributed by atoms with E-state index in [1.165, 1.54) is 5.56 Å². The number of aromatic amines is 1. The quantitative estimate of drug-likeness (QED) is 0.674. The second kappa shape index (κ2) is 8.28. The molecule has 2 atom stereocenters. The molecule has 0 radical (unpaired) electrons. The minimum Gasteiger partial charge on any atom is -0.376 e. The van der Waals surface area contributed by atoms with E-state index in [4.69, 9.17) is 4.74 Å². The number of tetrazole rings is 1. The first-order chi connectivity index (χ1) is 14.7. The van der Waals surface area contributed by atoms with Gasteiger partial charge in [-0.1, -0.05) is 13.0 Å². The van der Waals surface area contributed by atoms with E-state index >= 15 is 0 Å². The fourth-order valence-corrected chi connectivity index (χ4v) is 4.71. The topological polar surface area (TPSA) is 88.9 Å². The number of aromatic nitrogens is 5. The van der Waals surface area contributed by atoms with Crippen LogP contribution in [0.5, 0.6) is 0 Å². The molecule has 0 unspecified atom stereocenters. The zero-order valence-electron chi connectivity index (χ0n) is 17.4. The molecule has 0 bridgehead atoms. The van der Waals surface area contributed by atoms with E-state index in [1.807, 2.05) is 16.8 Å². The average Bonchev–Trinajstić information content (AvgIpc) is 3.53. The van der Waals surface area contributed by atoms with Gasteiger partial charge in [0.2, 0.25) is 0 Å². The predicted molar refractivity (Wildman–Crippen MR) is 113 cm³/mol. The van der Waals surface area contributed by atoms with Crippen LogP contribution in [0.25, 0.3) is 10.9 Å². The first-order valence-corrected chi connectivity index (χ1v) is 11.0. The van der Waals surface area contributed by atoms with Crippen molar-refractivity contribution in [3.05, 3.63) is 51.6 Å². The first kappa shape index (κ1) is 19.4. The van der Waals surface area contributed by atoms with Gasteiger partial charge in [-0.2, -0.15) is 0 Å². The number of nitrogens with zero attached hydrogens (tertiary/aromatic N) is 5. The molecule has 2 aliphatic heterocycles. The van der Waals surface area contributed by atoms with Crippen LogP contribution in [0.3, 0.4) is 0 Å². The molecule has 4 heterocycles. The number of hydrogen-bond acceptors (Lipinski definition) is 6. The summed E-state index contributed by atoms with van der Waals surface area (Å²) in [6.07, 6.45) is 5.42. The fourth-order valence-electron chi connectivity index (χ4n) is 4.71. The highest BCUT2D eigenvalue weighted by molar-refractivity contribution is 5.80. The molecule has 3 aromatic rings. The predicted octanol–water partition coefficient (Wildman–Crippen LogP) is 2.44. The lowest BCUT2D eigenvalue weighted by Crippen LogP contribution is -2.34. The zero-order chi connectivity index (χ0) is 20.5. The molecule has 5 rings (SSSR count). The number of H-pyrrole nitrogens is 1. The van der Waals surface area contributed by atoms with Gasteiger partial charge in [-0.3, -0.25) is 9.69 Å². The van der Waals surface area contributed by atoms with Gasteiger partial charge in [0.15, 0.2) is 5.82 Å². The second-order valence-corrected chi connectivity index (χ2v) is 8.33. The standard InChI is InChI=1S/C22H28N6O2/c1-2-15-7-8-19-16(12-15)13-18(22(29)23-19)20(27-9-3-4-10-27)21-24-25-26-28(21)14-17-6-5-11-30-17/h7-8,12-13,17,20H,2-6,9-11,14H2,1H3,(H,23,29)/t17-,20-/m0/s1. The monoisotopic (exact) mass is 408 g/mol. The second-order valence-electron chi connectivity index (χ2n) is 8.33. The van der Waals surface area contributed by atoms with E-state index in [9.17, 15) is 4.79 Å². The molecular formula is C22H28N6O2. The molecule has 2 saturated heterocycles. The molecule has 8 heteroatoms. The molecular weight excluding hydrogens is 380 g/mol. The van der Waals surface area contributed by atoms with Gasteiger partial charge in [0.25, 0.3) is 5.56 Å². The summed E-state index contributed by atoms with van der Waals surface area (Å²) < 4.78 is 7.64. The Bertz CT molecular complexity index is 1080. The van der Waals surface area contributed by atoms with Crippen LogP contribution in [0.2, 0.25) is 0 Å². The number of ether oxygens (including phenoxy) is 1. The number of likely N-dealkylation sites (tertiary alicyclic amines) is 1. The normalized spacial score (nSPS) is 20.9. The number of fused-ring (bicyclic) bond motifs is 1. The molecule has 8 nitrogen and oxygen atoms in total. The Kier molecular flexibility index (Phi) is 5.35. The van der Waals surface area contributed by atoms with Crippen molar-refractivity contribution in [1.82, 2.24) is 30.1 Å². The summed E-state index contributed by atoms with van der Waals surface area (Å²) in [6, 6.07) is 7.98. The molecule has 0 spiro atoms. The van der Waals surface area contributed by atoms with Gasteiger partial charge in [-0.25, -0.2) is 4.68 Å². The minimum atomic E-state index is -0.262. The maximum Gasteiger partial charge on any atom is 0.253 e. The van der Waals surface area contributed by atoms with Crippen LogP contribution in [0.1, 0.15) is 55.6 Å². The van der Waals surface area contributed by atoms with Gasteiger partial charge >= 0.3 is 0 Å². The molecule has 1 N–H and O–H groups in total. The molecule has 1 aromatic carbocycles. The molecule has 0 saturated carbocycles. The van der Waals surface area contributed by atoms with Crippen LogP contribution >= 0.6 is 0 Å². The van der Waals surface area contributed by atoms with E-state index in [1.54, 1.807) is 0 Å². The van der Waals surface area contributed by atoms with Gasteiger partial charge < -0.3 is 9.72 Å². The molecule has 30 heavy (non-hydrogen) atoms. The van der Waals surface area contributed by atoms with Crippen molar-refractivity contribution in [3.8, 4) is 0 Å². The summed E-state index contributed by atoms with van der Waals surface area (Å²) in [5.41, 5.74) is 2.75. The van der Waals surface area contributed by atoms with Crippen molar-refractivity contribution in [2.45, 2.75) is 57.7 Å². The van der Waals surface area contributed by atoms with Gasteiger partial charge in [0, 0.05) is 17.7 Å². The number of nitrogens with one attached hydrogen (secondary N) is 1. The Balaban J connectivity index is 1.59. The molecule has 2 aliphatic rings. The van der Waals surface area contributed by atoms with Crippen molar-refractivity contribution < 1.29 is 4.74 Å². The Morgan fingerprint density at radius 2 is 2.10 bits per heavy atom. The highest BCUT2D eigenvalue weighted by Crippen LogP contribution is 2.30. The van der Waals surface area contributed by atoms with Crippen LogP contribution in [0, 0.1) is 0 Å². The number of hydrogen-bond donors (Lipinski definition) is 1. The van der Waals surface area contributed by atoms with Crippen molar-refractivity contribution >= 4 is 10.9 Å². The third-order valence-electron chi connectivity index (χ3n) is 6.35. The zero-order valence-corrected chi connectivity index (χ0v) is 17.4. The average molecular weight is 409 g/mol. The van der Waals surface area contributed by atoms with Crippen LogP contribution in [0.15, 0.2) is 29.1 Å². The van der Waals surface area contributed by atoms with E-state index in [-0.39, 0.29) is 17.7 Å². The summed E-state index contributed by atoms with van der Waals surface area (Å²) in [4.78, 5) is 18.6. The third kappa shape index (κ3) is 3.65. The summed E-state index contributed by atoms with van der Waals surface area (Å²) in [7, 11) is 0. The highest BCUT2D eigenvalue weighted by Gasteiger charge is 2.32. The van der Waals surface area contributed by atoms with Gasteiger partial charge in [-0.15, -0.1) is 5.10 Å². The third-order valence-corrected chi connectivity index (χ3v) is 6.35. The molecule has 158 valence electrons. The van der Waals surface area contributed by atoms with Crippen LogP contribution in [0.4, 0.5) is 0 Å². The minimum absolute atomic E-state index is 0.0738. The first-order valence-electron chi connectivity index (χ1n) is 11.0. The van der Waals surface area contributed by atoms with E-state index in [0.717, 1.165) is 68.5 Å². The molecule has 0 aliphatic carbocycles. The number of benzene rings is 1. The fraction of sp³-hybridized carbons (Fsp3) is 0.545. The Labute approximate surface area is 175 Å². The largest absolute Gasteiger partial charge is 0.376 e. The maximum absolute atomic E-state index is 13.2. The van der Waals surface area contributed by atoms with Gasteiger partial charge in [0.05, 0.1) is 12.6 Å². The van der Waals surface area contributed by atoms with Crippen molar-refractivity contribution in [3.63, 3.8) is 0 Å². The molecule has 0 amide bonds. The molecule has 2 fully saturated rings. The Morgan fingerprint density at radius 3 is 2.87 bits per heavy atom. The lowest BCUT2D eigenvalue weighted by Gasteiger charge is -2.27. The summed E-state index contributed by atoms with van der Waals surface area (Å²) >= 11 is 0. The van der Waals surface area contributed by atoms with Crippen molar-refractivity contribution in [2.24, 2.45) is 0 Å². The lowest BCUT2D eigenvalue weighted by atomic mass is 10.0. The number of rotatable bonds is 6. The summed E-state index contributed by atoms with van der Waals surface area (Å²) in [5.74, 6) is 0.726. The van der Waals surface area contributed by atoms with Crippen molar-refractivity contribution in [2.75, 3.05) is 19.7 Å². The van der Waals surface area contributed by atoms with E-state index < -0.39 is 0 Å². The Morgan fingerprint density at radius 1 is 1.23 bits per heavy atom. The van der Waals surface area contributed by atoms with Gasteiger partial charge in [0.1, 0.15) is 6.04 Å². The SMILES string of the molecule is CCc1ccc2[nH]c(=O)c([C@@H](c3nnnn3C[C@@H]3CCCO3)N3CCCC3)cc2c1. The number of aryl methyl sites for hydroxylation is 1. The van der Waals surface area contributed by atoms with E-state index in [0.29, 0.717) is 12.1 Å². The lowest BCUT2D eigenvalue weighted by molar-refractivity contribution is 0.0912. The number of pyridine rings is 1. The van der Waals surface area contributed by atoms with Crippen LogP contribution in [-0.2, 0) is 17.7 Å². The summed E-state index contributed by atoms with van der Waals surface area (Å²) in [6.45, 7) is 5.42. The van der Waals surface area contributed by atoms with Crippen LogP contribution < -0.4 is 5.56 Å². The van der Waals surface area contributed by atoms with Crippen molar-refractivity contribution in [1.29, 1.82) is 0 Å². The molecule has 2 aromatic heterocycles. The summed E-state index contributed by atoms with van der Waals surface area (Å²) in [5, 5.41) is 13.7. The smallest absolute Gasteiger partial charge is 0.253 e. The maximum atomic E-state index is 13.2. The van der Waals surface area contributed by atoms with Gasteiger partial charge in [-0.05, 0) is 84.8 Å². The highest BCUT2D eigenvalue weighted by atomic mass is 16.5. The van der Waals surface area contributed by atoms with E-state index in [2.05, 4.69) is 44.5 Å². The Hall–Kier alpha value is -2.58. The van der Waals surface area contributed by atoms with Crippen LogP contribution in [-0.4, -0.2) is 55.9 Å².